The van der Waals surface area contributed by atoms with Gasteiger partial charge in [-0.1, -0.05) is 6.92 Å². The minimum atomic E-state index is -0.430. The van der Waals surface area contributed by atoms with Crippen LogP contribution in [-0.4, -0.2) is 40.9 Å². The lowest BCUT2D eigenvalue weighted by molar-refractivity contribution is -0.384. The maximum absolute atomic E-state index is 12.8. The Labute approximate surface area is 153 Å². The number of anilines is 1. The number of rotatable bonds is 5. The summed E-state index contributed by atoms with van der Waals surface area (Å²) in [5.41, 5.74) is 6.63. The van der Waals surface area contributed by atoms with E-state index in [1.54, 1.807) is 17.0 Å². The van der Waals surface area contributed by atoms with Gasteiger partial charge < -0.3 is 16.0 Å². The molecule has 1 aliphatic heterocycles. The molecule has 3 rings (SSSR count). The minimum absolute atomic E-state index is 0. The van der Waals surface area contributed by atoms with Crippen LogP contribution in [0.25, 0.3) is 0 Å². The van der Waals surface area contributed by atoms with Crippen molar-refractivity contribution < 1.29 is 9.72 Å². The van der Waals surface area contributed by atoms with Crippen LogP contribution < -0.4 is 11.1 Å². The number of hydrogen-bond acceptors (Lipinski definition) is 5. The van der Waals surface area contributed by atoms with E-state index in [2.05, 4.69) is 12.2 Å². The third kappa shape index (κ3) is 4.41. The Morgan fingerprint density at radius 2 is 2.12 bits per heavy atom. The van der Waals surface area contributed by atoms with Crippen molar-refractivity contribution >= 4 is 29.7 Å². The summed E-state index contributed by atoms with van der Waals surface area (Å²) in [5, 5.41) is 14.5. The first-order valence-electron chi connectivity index (χ1n) is 8.55. The fraction of sp³-hybridized carbons (Fsp3) is 0.588. The molecule has 2 unspecified atom stereocenters. The van der Waals surface area contributed by atoms with Crippen LogP contribution in [0.5, 0.6) is 0 Å². The number of likely N-dealkylation sites (tertiary alicyclic amines) is 1. The summed E-state index contributed by atoms with van der Waals surface area (Å²) >= 11 is 0. The maximum atomic E-state index is 12.8. The molecule has 0 aromatic heterocycles. The molecular formula is C17H25ClN4O3. The van der Waals surface area contributed by atoms with Crippen LogP contribution in [0.15, 0.2) is 18.2 Å². The Morgan fingerprint density at radius 1 is 1.40 bits per heavy atom. The van der Waals surface area contributed by atoms with Gasteiger partial charge in [-0.05, 0) is 43.7 Å². The molecule has 3 N–H and O–H groups in total. The Kier molecular flexibility index (Phi) is 6.24. The standard InChI is InChI=1S/C17H24N4O3.ClH/c1-11-6-7-20(14(8-11)10-18)17(22)12-2-5-15(19-13-3-4-13)16(9-12)21(23)24;/h2,5,9,11,13-14,19H,3-4,6-8,10,18H2,1H3;1H. The zero-order valence-corrected chi connectivity index (χ0v) is 15.1. The van der Waals surface area contributed by atoms with Crippen molar-refractivity contribution in [2.45, 2.75) is 44.7 Å². The molecule has 2 aliphatic rings. The van der Waals surface area contributed by atoms with E-state index in [9.17, 15) is 14.9 Å². The lowest BCUT2D eigenvalue weighted by atomic mass is 9.92. The number of hydrogen-bond donors (Lipinski definition) is 2. The normalized spacial score (nSPS) is 22.9. The van der Waals surface area contributed by atoms with Gasteiger partial charge in [0, 0.05) is 36.8 Å². The molecule has 1 saturated carbocycles. The van der Waals surface area contributed by atoms with Gasteiger partial charge >= 0.3 is 0 Å². The first kappa shape index (κ1) is 19.5. The van der Waals surface area contributed by atoms with Gasteiger partial charge in [0.1, 0.15) is 5.69 Å². The fourth-order valence-electron chi connectivity index (χ4n) is 3.29. The molecule has 1 amide bonds. The van der Waals surface area contributed by atoms with Gasteiger partial charge in [0.15, 0.2) is 0 Å². The summed E-state index contributed by atoms with van der Waals surface area (Å²) in [7, 11) is 0. The number of halogens is 1. The molecule has 8 heteroatoms. The molecule has 1 aliphatic carbocycles. The molecule has 2 fully saturated rings. The van der Waals surface area contributed by atoms with E-state index in [0.29, 0.717) is 36.3 Å². The van der Waals surface area contributed by atoms with Gasteiger partial charge in [0.2, 0.25) is 0 Å². The number of carbonyl (C=O) groups is 1. The van der Waals surface area contributed by atoms with Crippen LogP contribution in [0.1, 0.15) is 43.0 Å². The summed E-state index contributed by atoms with van der Waals surface area (Å²) < 4.78 is 0. The predicted octanol–water partition coefficient (Wildman–Crippen LogP) is 2.79. The highest BCUT2D eigenvalue weighted by atomic mass is 35.5. The average molecular weight is 369 g/mol. The second-order valence-corrected chi connectivity index (χ2v) is 6.93. The first-order valence-corrected chi connectivity index (χ1v) is 8.55. The number of nitro benzene ring substituents is 1. The number of nitrogens with zero attached hydrogens (tertiary/aromatic N) is 2. The van der Waals surface area contributed by atoms with E-state index in [1.165, 1.54) is 6.07 Å². The highest BCUT2D eigenvalue weighted by Gasteiger charge is 2.31. The smallest absolute Gasteiger partial charge is 0.293 e. The Bertz CT molecular complexity index is 651. The molecule has 1 aromatic rings. The van der Waals surface area contributed by atoms with Crippen LogP contribution in [0.4, 0.5) is 11.4 Å². The number of carbonyl (C=O) groups excluding carboxylic acids is 1. The van der Waals surface area contributed by atoms with E-state index in [1.807, 2.05) is 0 Å². The van der Waals surface area contributed by atoms with Crippen LogP contribution in [0.3, 0.4) is 0 Å². The fourth-order valence-corrected chi connectivity index (χ4v) is 3.29. The Morgan fingerprint density at radius 3 is 2.72 bits per heavy atom. The lowest BCUT2D eigenvalue weighted by Gasteiger charge is -2.38. The molecule has 1 saturated heterocycles. The second-order valence-electron chi connectivity index (χ2n) is 6.93. The number of nitrogens with one attached hydrogen (secondary N) is 1. The van der Waals surface area contributed by atoms with Crippen molar-refractivity contribution in [3.8, 4) is 0 Å². The number of amides is 1. The van der Waals surface area contributed by atoms with Crippen molar-refractivity contribution in [2.24, 2.45) is 11.7 Å². The third-order valence-corrected chi connectivity index (χ3v) is 4.89. The van der Waals surface area contributed by atoms with E-state index in [-0.39, 0.29) is 30.0 Å². The number of benzene rings is 1. The summed E-state index contributed by atoms with van der Waals surface area (Å²) in [5.74, 6) is 0.375. The number of nitro groups is 1. The summed E-state index contributed by atoms with van der Waals surface area (Å²) in [6, 6.07) is 5.03. The first-order chi connectivity index (χ1) is 11.5. The Hall–Kier alpha value is -1.86. The van der Waals surface area contributed by atoms with Gasteiger partial charge in [0.05, 0.1) is 4.92 Å². The highest BCUT2D eigenvalue weighted by molar-refractivity contribution is 5.96. The van der Waals surface area contributed by atoms with Crippen LogP contribution >= 0.6 is 12.4 Å². The largest absolute Gasteiger partial charge is 0.377 e. The average Bonchev–Trinajstić information content (AvgIpc) is 3.38. The number of piperidine rings is 1. The number of nitrogens with two attached hydrogens (primary N) is 1. The molecule has 0 bridgehead atoms. The van der Waals surface area contributed by atoms with Gasteiger partial charge in [-0.3, -0.25) is 14.9 Å². The maximum Gasteiger partial charge on any atom is 0.293 e. The second kappa shape index (κ2) is 8.01. The molecule has 0 radical (unpaired) electrons. The molecule has 0 spiro atoms. The monoisotopic (exact) mass is 368 g/mol. The van der Waals surface area contributed by atoms with Gasteiger partial charge in [-0.25, -0.2) is 0 Å². The molecule has 7 nitrogen and oxygen atoms in total. The van der Waals surface area contributed by atoms with Crippen molar-refractivity contribution in [2.75, 3.05) is 18.4 Å². The van der Waals surface area contributed by atoms with Gasteiger partial charge in [-0.2, -0.15) is 0 Å². The van der Waals surface area contributed by atoms with Crippen molar-refractivity contribution in [3.05, 3.63) is 33.9 Å². The molecular weight excluding hydrogens is 344 g/mol. The lowest BCUT2D eigenvalue weighted by Crippen LogP contribution is -2.49. The molecule has 1 heterocycles. The van der Waals surface area contributed by atoms with E-state index in [4.69, 9.17) is 5.73 Å². The predicted molar refractivity (Wildman–Crippen MR) is 99.3 cm³/mol. The Balaban J connectivity index is 0.00000225. The quantitative estimate of drug-likeness (QED) is 0.614. The molecule has 2 atom stereocenters. The summed E-state index contributed by atoms with van der Waals surface area (Å²) in [6.07, 6.45) is 3.88. The summed E-state index contributed by atoms with van der Waals surface area (Å²) in [6.45, 7) is 3.23. The SMILES string of the molecule is CC1CCN(C(=O)c2ccc(NC3CC3)c([N+](=O)[O-])c2)C(CN)C1.Cl. The zero-order chi connectivity index (χ0) is 17.3. The summed E-state index contributed by atoms with van der Waals surface area (Å²) in [4.78, 5) is 25.5. The van der Waals surface area contributed by atoms with Crippen molar-refractivity contribution in [1.29, 1.82) is 0 Å². The van der Waals surface area contributed by atoms with Crippen LogP contribution in [-0.2, 0) is 0 Å². The molecule has 138 valence electrons. The van der Waals surface area contributed by atoms with Gasteiger partial charge in [0.25, 0.3) is 11.6 Å². The zero-order valence-electron chi connectivity index (χ0n) is 14.3. The highest BCUT2D eigenvalue weighted by Crippen LogP contribution is 2.32. The van der Waals surface area contributed by atoms with E-state index >= 15 is 0 Å². The van der Waals surface area contributed by atoms with Gasteiger partial charge in [-0.15, -0.1) is 12.4 Å². The van der Waals surface area contributed by atoms with Crippen LogP contribution in [0, 0.1) is 16.0 Å². The molecule has 25 heavy (non-hydrogen) atoms. The topological polar surface area (TPSA) is 102 Å². The molecule has 1 aromatic carbocycles. The van der Waals surface area contributed by atoms with Crippen LogP contribution in [0.2, 0.25) is 0 Å². The third-order valence-electron chi connectivity index (χ3n) is 4.89. The van der Waals surface area contributed by atoms with E-state index < -0.39 is 4.92 Å². The van der Waals surface area contributed by atoms with E-state index in [0.717, 1.165) is 25.7 Å². The minimum Gasteiger partial charge on any atom is -0.377 e. The van der Waals surface area contributed by atoms with Crippen molar-refractivity contribution in [3.63, 3.8) is 0 Å². The van der Waals surface area contributed by atoms with Crippen molar-refractivity contribution in [1.82, 2.24) is 4.90 Å².